The van der Waals surface area contributed by atoms with Crippen molar-refractivity contribution in [2.24, 2.45) is 12.8 Å². The Balaban J connectivity index is 2.23. The van der Waals surface area contributed by atoms with E-state index in [0.29, 0.717) is 11.4 Å². The Morgan fingerprint density at radius 3 is 2.94 bits per heavy atom. The van der Waals surface area contributed by atoms with E-state index in [1.165, 1.54) is 6.33 Å². The lowest BCUT2D eigenvalue weighted by molar-refractivity contribution is 0.629. The fourth-order valence-electron chi connectivity index (χ4n) is 1.62. The van der Waals surface area contributed by atoms with E-state index in [2.05, 4.69) is 26.0 Å². The molecule has 0 aliphatic heterocycles. The summed E-state index contributed by atoms with van der Waals surface area (Å²) in [6, 6.07) is 5.54. The van der Waals surface area contributed by atoms with E-state index in [9.17, 15) is 0 Å². The molecule has 4 nitrogen and oxygen atoms in total. The van der Waals surface area contributed by atoms with E-state index < -0.39 is 0 Å². The molecule has 1 aromatic heterocycles. The molecule has 90 valence electrons. The summed E-state index contributed by atoms with van der Waals surface area (Å²) in [5.41, 5.74) is 7.04. The third-order valence-electron chi connectivity index (χ3n) is 2.59. The van der Waals surface area contributed by atoms with Gasteiger partial charge in [0.1, 0.15) is 12.2 Å². The predicted molar refractivity (Wildman–Crippen MR) is 70.8 cm³/mol. The molecule has 0 amide bonds. The van der Waals surface area contributed by atoms with E-state index >= 15 is 0 Å². The highest BCUT2D eigenvalue weighted by Gasteiger charge is 2.14. The van der Waals surface area contributed by atoms with Gasteiger partial charge in [-0.2, -0.15) is 5.10 Å². The van der Waals surface area contributed by atoms with E-state index in [1.54, 1.807) is 4.68 Å². The van der Waals surface area contributed by atoms with Crippen molar-refractivity contribution >= 4 is 27.5 Å². The Labute approximate surface area is 113 Å². The number of benzene rings is 1. The van der Waals surface area contributed by atoms with Crippen LogP contribution in [-0.2, 0) is 13.5 Å². The second-order valence-electron chi connectivity index (χ2n) is 3.75. The summed E-state index contributed by atoms with van der Waals surface area (Å²) in [5.74, 6) is 0.841. The Morgan fingerprint density at radius 2 is 2.29 bits per heavy atom. The van der Waals surface area contributed by atoms with Gasteiger partial charge < -0.3 is 5.73 Å². The normalized spacial score (nSPS) is 12.7. The van der Waals surface area contributed by atoms with Crippen molar-refractivity contribution in [1.29, 1.82) is 0 Å². The third-order valence-corrected chi connectivity index (χ3v) is 3.90. The highest BCUT2D eigenvalue weighted by molar-refractivity contribution is 9.10. The van der Waals surface area contributed by atoms with Crippen LogP contribution in [-0.4, -0.2) is 14.8 Å². The van der Waals surface area contributed by atoms with Gasteiger partial charge in [0, 0.05) is 24.0 Å². The van der Waals surface area contributed by atoms with Crippen LogP contribution in [0.2, 0.25) is 5.02 Å². The average molecular weight is 316 g/mol. The molecule has 0 bridgehead atoms. The van der Waals surface area contributed by atoms with E-state index in [0.717, 1.165) is 15.9 Å². The highest BCUT2D eigenvalue weighted by atomic mass is 79.9. The summed E-state index contributed by atoms with van der Waals surface area (Å²) in [7, 11) is 1.84. The summed E-state index contributed by atoms with van der Waals surface area (Å²) in [6.45, 7) is 0. The van der Waals surface area contributed by atoms with Crippen molar-refractivity contribution in [2.75, 3.05) is 0 Å². The topological polar surface area (TPSA) is 56.7 Å². The van der Waals surface area contributed by atoms with Crippen LogP contribution in [0.25, 0.3) is 0 Å². The monoisotopic (exact) mass is 314 g/mol. The van der Waals surface area contributed by atoms with Crippen LogP contribution in [0, 0.1) is 0 Å². The molecule has 2 aromatic rings. The number of aromatic nitrogens is 3. The number of aryl methyl sites for hydroxylation is 1. The van der Waals surface area contributed by atoms with Gasteiger partial charge in [-0.05, 0) is 27.6 Å². The van der Waals surface area contributed by atoms with Crippen LogP contribution in [0.5, 0.6) is 0 Å². The molecule has 0 saturated heterocycles. The smallest absolute Gasteiger partial charge is 0.138 e. The Kier molecular flexibility index (Phi) is 3.81. The van der Waals surface area contributed by atoms with Crippen LogP contribution in [0.4, 0.5) is 0 Å². The molecule has 0 radical (unpaired) electrons. The van der Waals surface area contributed by atoms with Crippen molar-refractivity contribution in [3.05, 3.63) is 45.4 Å². The number of nitrogens with zero attached hydrogens (tertiary/aromatic N) is 3. The molecule has 0 saturated carbocycles. The van der Waals surface area contributed by atoms with Gasteiger partial charge >= 0.3 is 0 Å². The van der Waals surface area contributed by atoms with Crippen molar-refractivity contribution in [3.63, 3.8) is 0 Å². The van der Waals surface area contributed by atoms with Crippen LogP contribution < -0.4 is 5.73 Å². The molecule has 17 heavy (non-hydrogen) atoms. The van der Waals surface area contributed by atoms with Crippen LogP contribution in [0.15, 0.2) is 29.0 Å². The molecule has 6 heteroatoms. The predicted octanol–water partition coefficient (Wildman–Crippen LogP) is 2.47. The zero-order valence-electron chi connectivity index (χ0n) is 9.27. The second-order valence-corrected chi connectivity index (χ2v) is 4.99. The highest BCUT2D eigenvalue weighted by Crippen LogP contribution is 2.30. The summed E-state index contributed by atoms with van der Waals surface area (Å²) in [6.07, 6.45) is 2.12. The van der Waals surface area contributed by atoms with Gasteiger partial charge in [-0.15, -0.1) is 0 Å². The zero-order valence-corrected chi connectivity index (χ0v) is 11.6. The molecule has 0 spiro atoms. The van der Waals surface area contributed by atoms with Gasteiger partial charge in [-0.25, -0.2) is 4.98 Å². The summed E-state index contributed by atoms with van der Waals surface area (Å²) in [5, 5.41) is 4.67. The zero-order chi connectivity index (χ0) is 12.4. The van der Waals surface area contributed by atoms with Gasteiger partial charge in [-0.3, -0.25) is 4.68 Å². The Bertz CT molecular complexity index is 526. The minimum absolute atomic E-state index is 0.192. The lowest BCUT2D eigenvalue weighted by atomic mass is 10.0. The maximum atomic E-state index is 6.20. The largest absolute Gasteiger partial charge is 0.324 e. The van der Waals surface area contributed by atoms with Crippen molar-refractivity contribution in [3.8, 4) is 0 Å². The van der Waals surface area contributed by atoms with E-state index in [1.807, 2.05) is 25.2 Å². The van der Waals surface area contributed by atoms with Gasteiger partial charge in [0.25, 0.3) is 0 Å². The lowest BCUT2D eigenvalue weighted by Gasteiger charge is -2.13. The van der Waals surface area contributed by atoms with Crippen LogP contribution >= 0.6 is 27.5 Å². The van der Waals surface area contributed by atoms with Gasteiger partial charge in [0.15, 0.2) is 0 Å². The first-order valence-corrected chi connectivity index (χ1v) is 6.29. The van der Waals surface area contributed by atoms with E-state index in [4.69, 9.17) is 17.3 Å². The Hall–Kier alpha value is -0.910. The fourth-order valence-corrected chi connectivity index (χ4v) is 2.27. The minimum atomic E-state index is -0.192. The summed E-state index contributed by atoms with van der Waals surface area (Å²) < 4.78 is 2.57. The maximum absolute atomic E-state index is 6.20. The number of nitrogens with two attached hydrogens (primary N) is 1. The van der Waals surface area contributed by atoms with Crippen molar-refractivity contribution < 1.29 is 0 Å². The quantitative estimate of drug-likeness (QED) is 0.946. The molecule has 1 atom stereocenters. The number of rotatable bonds is 3. The second kappa shape index (κ2) is 5.16. The maximum Gasteiger partial charge on any atom is 0.138 e. The van der Waals surface area contributed by atoms with Crippen molar-refractivity contribution in [2.45, 2.75) is 12.5 Å². The van der Waals surface area contributed by atoms with Gasteiger partial charge in [0.05, 0.1) is 5.02 Å². The molecular weight excluding hydrogens is 304 g/mol. The van der Waals surface area contributed by atoms with E-state index in [-0.39, 0.29) is 6.04 Å². The average Bonchev–Trinajstić information content (AvgIpc) is 2.68. The van der Waals surface area contributed by atoms with Gasteiger partial charge in [-0.1, -0.05) is 23.7 Å². The third kappa shape index (κ3) is 2.68. The van der Waals surface area contributed by atoms with Gasteiger partial charge in [0.2, 0.25) is 0 Å². The van der Waals surface area contributed by atoms with Crippen LogP contribution in [0.3, 0.4) is 0 Å². The molecule has 1 heterocycles. The molecule has 1 unspecified atom stereocenters. The molecule has 0 aliphatic rings. The lowest BCUT2D eigenvalue weighted by Crippen LogP contribution is -2.16. The molecular formula is C11H12BrClN4. The number of hydrogen-bond donors (Lipinski definition) is 1. The number of hydrogen-bond acceptors (Lipinski definition) is 3. The molecule has 0 fully saturated rings. The first-order valence-electron chi connectivity index (χ1n) is 5.12. The molecule has 1 aromatic carbocycles. The molecule has 2 rings (SSSR count). The fraction of sp³-hybridized carbons (Fsp3) is 0.273. The minimum Gasteiger partial charge on any atom is -0.324 e. The SMILES string of the molecule is Cn1ncnc1CC(N)c1cccc(Br)c1Cl. The standard InChI is InChI=1S/C11H12BrClN4/c1-17-10(15-6-16-17)5-9(14)7-3-2-4-8(12)11(7)13/h2-4,6,9H,5,14H2,1H3. The molecule has 0 aliphatic carbocycles. The first kappa shape index (κ1) is 12.5. The summed E-state index contributed by atoms with van der Waals surface area (Å²) >= 11 is 9.58. The Morgan fingerprint density at radius 1 is 1.53 bits per heavy atom. The first-order chi connectivity index (χ1) is 8.09. The molecule has 2 N–H and O–H groups in total. The van der Waals surface area contributed by atoms with Crippen LogP contribution in [0.1, 0.15) is 17.4 Å². The van der Waals surface area contributed by atoms with Crippen molar-refractivity contribution in [1.82, 2.24) is 14.8 Å². The number of halogens is 2. The summed E-state index contributed by atoms with van der Waals surface area (Å²) in [4.78, 5) is 4.15.